The second kappa shape index (κ2) is 6.78. The van der Waals surface area contributed by atoms with Gasteiger partial charge in [-0.25, -0.2) is 0 Å². The maximum Gasteiger partial charge on any atom is 0.255 e. The molecule has 0 radical (unpaired) electrons. The van der Waals surface area contributed by atoms with Crippen LogP contribution in [-0.2, 0) is 0 Å². The maximum absolute atomic E-state index is 12.6. The molecule has 2 heterocycles. The van der Waals surface area contributed by atoms with E-state index in [1.165, 1.54) is 0 Å². The van der Waals surface area contributed by atoms with Crippen LogP contribution in [0.15, 0.2) is 65.3 Å². The van der Waals surface area contributed by atoms with Gasteiger partial charge in [-0.2, -0.15) is 0 Å². The zero-order chi connectivity index (χ0) is 18.1. The minimum atomic E-state index is -0.271. The Morgan fingerprint density at radius 2 is 1.73 bits per heavy atom. The van der Waals surface area contributed by atoms with E-state index in [9.17, 15) is 4.79 Å². The van der Waals surface area contributed by atoms with E-state index in [0.29, 0.717) is 22.0 Å². The lowest BCUT2D eigenvalue weighted by Crippen LogP contribution is -2.11. The highest BCUT2D eigenvalue weighted by molar-refractivity contribution is 6.38. The van der Waals surface area contributed by atoms with E-state index in [1.54, 1.807) is 30.5 Å². The molecule has 0 bridgehead atoms. The number of benzene rings is 2. The lowest BCUT2D eigenvalue weighted by molar-refractivity contribution is 0.102. The first-order chi connectivity index (χ1) is 12.6. The third-order valence-corrected chi connectivity index (χ3v) is 4.44. The molecule has 0 aliphatic rings. The molecule has 2 aromatic heterocycles. The number of anilines is 1. The summed E-state index contributed by atoms with van der Waals surface area (Å²) in [6.07, 6.45) is 1.60. The molecule has 0 spiro atoms. The van der Waals surface area contributed by atoms with Crippen molar-refractivity contribution in [3.8, 4) is 11.3 Å². The molecule has 0 saturated heterocycles. The molecule has 0 fully saturated rings. The molecular formula is C19H11Cl2N3O2. The summed E-state index contributed by atoms with van der Waals surface area (Å²) >= 11 is 12.1. The van der Waals surface area contributed by atoms with Crippen LogP contribution in [0.5, 0.6) is 0 Å². The van der Waals surface area contributed by atoms with Gasteiger partial charge in [0.1, 0.15) is 5.76 Å². The summed E-state index contributed by atoms with van der Waals surface area (Å²) in [5.74, 6) is 0.458. The van der Waals surface area contributed by atoms with Crippen molar-refractivity contribution in [1.82, 2.24) is 10.2 Å². The Morgan fingerprint density at radius 1 is 0.923 bits per heavy atom. The summed E-state index contributed by atoms with van der Waals surface area (Å²) < 4.78 is 5.38. The smallest absolute Gasteiger partial charge is 0.255 e. The highest BCUT2D eigenvalue weighted by Gasteiger charge is 2.12. The van der Waals surface area contributed by atoms with Gasteiger partial charge in [-0.15, -0.1) is 10.2 Å². The summed E-state index contributed by atoms with van der Waals surface area (Å²) in [6.45, 7) is 0. The second-order valence-corrected chi connectivity index (χ2v) is 6.27. The van der Waals surface area contributed by atoms with Crippen molar-refractivity contribution in [2.75, 3.05) is 5.32 Å². The quantitative estimate of drug-likeness (QED) is 0.510. The first-order valence-electron chi connectivity index (χ1n) is 7.68. The van der Waals surface area contributed by atoms with Gasteiger partial charge in [0.2, 0.25) is 0 Å². The summed E-state index contributed by atoms with van der Waals surface area (Å²) in [7, 11) is 0. The number of furan rings is 1. The molecule has 5 nitrogen and oxygen atoms in total. The van der Waals surface area contributed by atoms with E-state index in [1.807, 2.05) is 30.3 Å². The summed E-state index contributed by atoms with van der Waals surface area (Å²) in [5.41, 5.74) is 1.96. The number of rotatable bonds is 3. The molecule has 0 saturated carbocycles. The zero-order valence-electron chi connectivity index (χ0n) is 13.2. The normalized spacial score (nSPS) is 10.8. The van der Waals surface area contributed by atoms with Crippen molar-refractivity contribution >= 4 is 45.6 Å². The Bertz CT molecular complexity index is 1110. The fraction of sp³-hybridized carbons (Fsp3) is 0. The van der Waals surface area contributed by atoms with E-state index in [-0.39, 0.29) is 16.2 Å². The summed E-state index contributed by atoms with van der Waals surface area (Å²) in [6, 6.07) is 16.1. The number of hydrogen-bond donors (Lipinski definition) is 1. The van der Waals surface area contributed by atoms with Gasteiger partial charge in [-0.3, -0.25) is 4.79 Å². The molecule has 0 aliphatic heterocycles. The minimum Gasteiger partial charge on any atom is -0.464 e. The molecule has 0 unspecified atom stereocenters. The average Bonchev–Trinajstić information content (AvgIpc) is 3.19. The molecule has 1 amide bonds. The third-order valence-electron chi connectivity index (χ3n) is 3.88. The molecule has 7 heteroatoms. The molecule has 4 rings (SSSR count). The van der Waals surface area contributed by atoms with E-state index < -0.39 is 0 Å². The molecule has 128 valence electrons. The van der Waals surface area contributed by atoms with Crippen LogP contribution in [0.4, 0.5) is 5.69 Å². The Labute approximate surface area is 158 Å². The Kier molecular flexibility index (Phi) is 4.32. The summed E-state index contributed by atoms with van der Waals surface area (Å²) in [5, 5.41) is 12.0. The van der Waals surface area contributed by atoms with Crippen molar-refractivity contribution in [2.45, 2.75) is 0 Å². The van der Waals surface area contributed by atoms with Crippen molar-refractivity contribution in [1.29, 1.82) is 0 Å². The van der Waals surface area contributed by atoms with Gasteiger partial charge in [-0.05, 0) is 36.4 Å². The van der Waals surface area contributed by atoms with E-state index in [0.717, 1.165) is 11.3 Å². The number of hydrogen-bond acceptors (Lipinski definition) is 4. The van der Waals surface area contributed by atoms with Crippen LogP contribution in [0.2, 0.25) is 10.3 Å². The van der Waals surface area contributed by atoms with Gasteiger partial charge < -0.3 is 9.73 Å². The zero-order valence-corrected chi connectivity index (χ0v) is 14.8. The number of nitrogens with zero attached hydrogens (tertiary/aromatic N) is 2. The van der Waals surface area contributed by atoms with Crippen molar-refractivity contribution in [3.05, 3.63) is 76.7 Å². The predicted octanol–water partition coefficient (Wildman–Crippen LogP) is 5.45. The Hall–Kier alpha value is -2.89. The molecular weight excluding hydrogens is 373 g/mol. The molecule has 1 N–H and O–H groups in total. The number of aromatic nitrogens is 2. The van der Waals surface area contributed by atoms with Crippen molar-refractivity contribution < 1.29 is 9.21 Å². The van der Waals surface area contributed by atoms with Crippen LogP contribution in [0.3, 0.4) is 0 Å². The first-order valence-corrected chi connectivity index (χ1v) is 8.44. The number of amides is 1. The number of fused-ring (bicyclic) bond motifs is 1. The van der Waals surface area contributed by atoms with Crippen LogP contribution in [0.1, 0.15) is 10.4 Å². The van der Waals surface area contributed by atoms with Crippen LogP contribution >= 0.6 is 23.2 Å². The molecule has 2 aromatic carbocycles. The van der Waals surface area contributed by atoms with Gasteiger partial charge in [0.25, 0.3) is 5.91 Å². The average molecular weight is 384 g/mol. The fourth-order valence-electron chi connectivity index (χ4n) is 2.63. The molecule has 0 aliphatic carbocycles. The van der Waals surface area contributed by atoms with Gasteiger partial charge in [0.05, 0.1) is 6.26 Å². The van der Waals surface area contributed by atoms with Gasteiger partial charge in [0.15, 0.2) is 10.3 Å². The van der Waals surface area contributed by atoms with E-state index >= 15 is 0 Å². The largest absolute Gasteiger partial charge is 0.464 e. The lowest BCUT2D eigenvalue weighted by Gasteiger charge is -2.08. The summed E-state index contributed by atoms with van der Waals surface area (Å²) in [4.78, 5) is 12.6. The van der Waals surface area contributed by atoms with Gasteiger partial charge in [-0.1, -0.05) is 41.4 Å². The lowest BCUT2D eigenvalue weighted by atomic mass is 10.1. The van der Waals surface area contributed by atoms with Crippen molar-refractivity contribution in [2.24, 2.45) is 0 Å². The molecule has 26 heavy (non-hydrogen) atoms. The van der Waals surface area contributed by atoms with Crippen LogP contribution in [-0.4, -0.2) is 16.1 Å². The minimum absolute atomic E-state index is 0.193. The standard InChI is InChI=1S/C19H11Cl2N3O2/c20-17-14-7-6-12(10-15(14)18(21)24-23-17)19(25)22-13-4-1-3-11(9-13)16-5-2-8-26-16/h1-10H,(H,22,25). The Balaban J connectivity index is 1.64. The van der Waals surface area contributed by atoms with E-state index in [4.69, 9.17) is 27.6 Å². The van der Waals surface area contributed by atoms with Crippen LogP contribution < -0.4 is 5.32 Å². The predicted molar refractivity (Wildman–Crippen MR) is 102 cm³/mol. The highest BCUT2D eigenvalue weighted by Crippen LogP contribution is 2.27. The van der Waals surface area contributed by atoms with Gasteiger partial charge >= 0.3 is 0 Å². The third kappa shape index (κ3) is 3.14. The number of carbonyl (C=O) groups excluding carboxylic acids is 1. The fourth-order valence-corrected chi connectivity index (χ4v) is 3.02. The molecule has 0 atom stereocenters. The highest BCUT2D eigenvalue weighted by atomic mass is 35.5. The number of nitrogens with one attached hydrogen (secondary N) is 1. The number of carbonyl (C=O) groups is 1. The maximum atomic E-state index is 12.6. The number of halogens is 2. The van der Waals surface area contributed by atoms with Crippen LogP contribution in [0, 0.1) is 0 Å². The Morgan fingerprint density at radius 3 is 2.50 bits per heavy atom. The topological polar surface area (TPSA) is 68.0 Å². The first kappa shape index (κ1) is 16.6. The SMILES string of the molecule is O=C(Nc1cccc(-c2ccco2)c1)c1ccc2c(Cl)nnc(Cl)c2c1. The van der Waals surface area contributed by atoms with Crippen LogP contribution in [0.25, 0.3) is 22.1 Å². The second-order valence-electron chi connectivity index (χ2n) is 5.55. The van der Waals surface area contributed by atoms with E-state index in [2.05, 4.69) is 15.5 Å². The molecule has 4 aromatic rings. The van der Waals surface area contributed by atoms with Gasteiger partial charge in [0, 0.05) is 27.6 Å². The monoisotopic (exact) mass is 383 g/mol. The van der Waals surface area contributed by atoms with Crippen molar-refractivity contribution in [3.63, 3.8) is 0 Å².